The third kappa shape index (κ3) is 15.5. The van der Waals surface area contributed by atoms with E-state index in [1.165, 1.54) is 28.4 Å². The third-order valence-corrected chi connectivity index (χ3v) is 12.5. The number of pyridine rings is 4. The predicted molar refractivity (Wildman–Crippen MR) is 284 cm³/mol. The molecule has 14 nitrogen and oxygen atoms in total. The van der Waals surface area contributed by atoms with Gasteiger partial charge in [-0.15, -0.1) is 0 Å². The first-order valence-electron chi connectivity index (χ1n) is 23.3. The van der Waals surface area contributed by atoms with Crippen LogP contribution in [0, 0.1) is 39.5 Å². The lowest BCUT2D eigenvalue weighted by atomic mass is 9.97. The van der Waals surface area contributed by atoms with Crippen molar-refractivity contribution in [1.82, 2.24) is 29.7 Å². The van der Waals surface area contributed by atoms with Crippen LogP contribution in [-0.4, -0.2) is 55.1 Å². The maximum atomic E-state index is 13.6. The summed E-state index contributed by atoms with van der Waals surface area (Å²) in [7, 11) is 1.30. The topological polar surface area (TPSA) is 192 Å². The minimum Gasteiger partial charge on any atom is -0.481 e. The number of carboxylic acids is 1. The SMILES string of the molecule is C.COC(=O)C[C@H](NC(=O)C(CC(C)C)n1ccc(C)cc1=O)c1cncc(-c2c(C)cccc2Cl)c1.Cc1ccn(C(CC(C)C)C(=O)N[C@@H](CC(=O)O)c2cncc(-c3c(C)cccc3Cl)c2)c(=O)c1. The average molecular weight is 1020 g/mol. The van der Waals surface area contributed by atoms with Gasteiger partial charge in [-0.25, -0.2) is 0 Å². The molecule has 0 saturated carbocycles. The van der Waals surface area contributed by atoms with E-state index in [4.69, 9.17) is 27.9 Å². The Labute approximate surface area is 431 Å². The van der Waals surface area contributed by atoms with Crippen LogP contribution in [0.3, 0.4) is 0 Å². The minimum atomic E-state index is -1.07. The number of benzene rings is 2. The molecule has 0 spiro atoms. The van der Waals surface area contributed by atoms with Gasteiger partial charge in [0, 0.05) is 81.6 Å². The molecule has 3 N–H and O–H groups in total. The van der Waals surface area contributed by atoms with Crippen LogP contribution in [0.2, 0.25) is 10.0 Å². The van der Waals surface area contributed by atoms with Crippen molar-refractivity contribution in [2.75, 3.05) is 7.11 Å². The Balaban J connectivity index is 0.000000308. The number of carbonyl (C=O) groups excluding carboxylic acids is 3. The number of carboxylic acid groups (broad SMARTS) is 1. The normalized spacial score (nSPS) is 12.6. The summed E-state index contributed by atoms with van der Waals surface area (Å²) in [5.74, 6) is -2.04. The summed E-state index contributed by atoms with van der Waals surface area (Å²) in [6.45, 7) is 15.4. The van der Waals surface area contributed by atoms with Crippen molar-refractivity contribution in [3.63, 3.8) is 0 Å². The van der Waals surface area contributed by atoms with Gasteiger partial charge in [-0.1, -0.05) is 82.6 Å². The predicted octanol–water partition coefficient (Wildman–Crippen LogP) is 10.9. The molecule has 6 aromatic rings. The highest BCUT2D eigenvalue weighted by molar-refractivity contribution is 6.34. The number of nitrogens with one attached hydrogen (secondary N) is 2. The largest absolute Gasteiger partial charge is 0.481 e. The molecule has 0 aliphatic carbocycles. The van der Waals surface area contributed by atoms with Gasteiger partial charge >= 0.3 is 11.9 Å². The van der Waals surface area contributed by atoms with Gasteiger partial charge in [0.15, 0.2) is 0 Å². The van der Waals surface area contributed by atoms with Crippen LogP contribution >= 0.6 is 23.2 Å². The van der Waals surface area contributed by atoms with Crippen LogP contribution in [-0.2, 0) is 23.9 Å². The van der Waals surface area contributed by atoms with Crippen LogP contribution < -0.4 is 21.8 Å². The van der Waals surface area contributed by atoms with Crippen LogP contribution in [0.5, 0.6) is 0 Å². The van der Waals surface area contributed by atoms with E-state index < -0.39 is 42.0 Å². The first-order chi connectivity index (χ1) is 33.7. The zero-order valence-electron chi connectivity index (χ0n) is 41.5. The van der Waals surface area contributed by atoms with Gasteiger partial charge in [-0.3, -0.25) is 38.7 Å². The molecule has 16 heteroatoms. The van der Waals surface area contributed by atoms with Crippen molar-refractivity contribution in [1.29, 1.82) is 0 Å². The number of rotatable bonds is 18. The molecule has 0 bridgehead atoms. The van der Waals surface area contributed by atoms with Gasteiger partial charge in [0.1, 0.15) is 12.1 Å². The quantitative estimate of drug-likeness (QED) is 0.0698. The minimum absolute atomic E-state index is 0. The molecule has 6 rings (SSSR count). The van der Waals surface area contributed by atoms with Gasteiger partial charge in [0.2, 0.25) is 11.8 Å². The summed E-state index contributed by atoms with van der Waals surface area (Å²) in [6, 6.07) is 18.4. The van der Waals surface area contributed by atoms with Crippen molar-refractivity contribution >= 4 is 47.0 Å². The highest BCUT2D eigenvalue weighted by Crippen LogP contribution is 2.34. The molecule has 0 radical (unpaired) electrons. The van der Waals surface area contributed by atoms with E-state index in [1.807, 2.05) is 85.7 Å². The van der Waals surface area contributed by atoms with Crippen LogP contribution in [0.15, 0.2) is 120 Å². The average Bonchev–Trinajstić information content (AvgIpc) is 3.30. The van der Waals surface area contributed by atoms with Crippen molar-refractivity contribution in [2.45, 2.75) is 113 Å². The highest BCUT2D eigenvalue weighted by atomic mass is 35.5. The zero-order valence-corrected chi connectivity index (χ0v) is 43.0. The van der Waals surface area contributed by atoms with Crippen molar-refractivity contribution in [3.05, 3.63) is 174 Å². The number of nitrogens with zero attached hydrogens (tertiary/aromatic N) is 4. The van der Waals surface area contributed by atoms with E-state index in [2.05, 4.69) is 20.6 Å². The molecule has 0 aliphatic heterocycles. The molecule has 382 valence electrons. The molecule has 4 heterocycles. The second kappa shape index (κ2) is 26.5. The van der Waals surface area contributed by atoms with Gasteiger partial charge in [0.25, 0.3) is 11.1 Å². The first-order valence-corrected chi connectivity index (χ1v) is 24.1. The van der Waals surface area contributed by atoms with Crippen LogP contribution in [0.1, 0.15) is 118 Å². The standard InChI is InChI=1S/C28H32ClN3O4.C27H30ClN3O4.CH4/c1-17(2)11-24(32-10-9-18(3)12-25(32)33)28(35)31-23(14-26(34)36-5)20-13-21(16-30-15-20)27-19(4)7-6-8-22(27)29;1-16(2)10-23(31-9-8-17(3)11-24(31)32)27(35)30-22(13-25(33)34)19-12-20(15-29-14-19)26-18(4)6-5-7-21(26)28;/h6-10,12-13,15-17,23-24H,11,14H2,1-5H3,(H,31,35);5-9,11-12,14-16,22-23H,10,13H2,1-4H3,(H,30,35)(H,33,34);1H4/t23-,24?;22-,23?;/m00./s1. The smallest absolute Gasteiger partial charge is 0.307 e. The maximum absolute atomic E-state index is 13.6. The lowest BCUT2D eigenvalue weighted by Crippen LogP contribution is -2.40. The van der Waals surface area contributed by atoms with E-state index in [-0.39, 0.29) is 49.1 Å². The Hall–Kier alpha value is -6.90. The lowest BCUT2D eigenvalue weighted by Gasteiger charge is -2.25. The van der Waals surface area contributed by atoms with Crippen molar-refractivity contribution in [2.24, 2.45) is 11.8 Å². The Morgan fingerprint density at radius 3 is 1.38 bits per heavy atom. The molecule has 2 aromatic carbocycles. The number of amides is 2. The fourth-order valence-electron chi connectivity index (χ4n) is 8.31. The molecule has 4 aromatic heterocycles. The highest BCUT2D eigenvalue weighted by Gasteiger charge is 2.29. The van der Waals surface area contributed by atoms with E-state index in [9.17, 15) is 33.9 Å². The zero-order chi connectivity index (χ0) is 52.1. The molecule has 0 fully saturated rings. The fraction of sp³-hybridized carbons (Fsp3) is 0.357. The van der Waals surface area contributed by atoms with E-state index in [0.717, 1.165) is 44.5 Å². The number of aromatic nitrogens is 4. The fourth-order valence-corrected chi connectivity index (χ4v) is 8.97. The Morgan fingerprint density at radius 2 is 1.03 bits per heavy atom. The maximum Gasteiger partial charge on any atom is 0.307 e. The van der Waals surface area contributed by atoms with Gasteiger partial charge in [0.05, 0.1) is 32.0 Å². The Morgan fingerprint density at radius 1 is 0.625 bits per heavy atom. The number of methoxy groups -OCH3 is 1. The molecule has 2 amide bonds. The van der Waals surface area contributed by atoms with Gasteiger partial charge < -0.3 is 29.6 Å². The number of hydrogen-bond donors (Lipinski definition) is 3. The van der Waals surface area contributed by atoms with E-state index in [0.29, 0.717) is 34.0 Å². The number of halogens is 2. The Bertz CT molecular complexity index is 2950. The van der Waals surface area contributed by atoms with Crippen LogP contribution in [0.25, 0.3) is 22.3 Å². The summed E-state index contributed by atoms with van der Waals surface area (Å²) in [5.41, 5.74) is 7.32. The number of ether oxygens (including phenoxy) is 1. The summed E-state index contributed by atoms with van der Waals surface area (Å²) in [4.78, 5) is 85.0. The summed E-state index contributed by atoms with van der Waals surface area (Å²) >= 11 is 12.9. The van der Waals surface area contributed by atoms with Gasteiger partial charge in [-0.05, 0) is 122 Å². The molecule has 72 heavy (non-hydrogen) atoms. The van der Waals surface area contributed by atoms with Crippen molar-refractivity contribution < 1.29 is 29.0 Å². The molecule has 0 saturated heterocycles. The summed E-state index contributed by atoms with van der Waals surface area (Å²) < 4.78 is 7.74. The lowest BCUT2D eigenvalue weighted by molar-refractivity contribution is -0.142. The molecular formula is C56H66Cl2N6O8. The molecule has 2 unspecified atom stereocenters. The first kappa shape index (κ1) is 57.7. The second-order valence-corrected chi connectivity index (χ2v) is 19.4. The van der Waals surface area contributed by atoms with E-state index >= 15 is 0 Å². The number of aliphatic carboxylic acids is 1. The number of aryl methyl sites for hydroxylation is 4. The number of hydrogen-bond acceptors (Lipinski definition) is 9. The number of carbonyl (C=O) groups is 4. The van der Waals surface area contributed by atoms with Gasteiger partial charge in [-0.2, -0.15) is 0 Å². The number of esters is 1. The monoisotopic (exact) mass is 1020 g/mol. The van der Waals surface area contributed by atoms with E-state index in [1.54, 1.807) is 67.5 Å². The van der Waals surface area contributed by atoms with Crippen molar-refractivity contribution in [3.8, 4) is 22.3 Å². The molecule has 0 aliphatic rings. The summed E-state index contributed by atoms with van der Waals surface area (Å²) in [6.07, 6.45) is 10.2. The molecular weight excluding hydrogens is 956 g/mol. The third-order valence-electron chi connectivity index (χ3n) is 11.8. The molecule has 4 atom stereocenters. The summed E-state index contributed by atoms with van der Waals surface area (Å²) in [5, 5.41) is 16.5. The Kier molecular flexibility index (Phi) is 21.2. The van der Waals surface area contributed by atoms with Crippen LogP contribution in [0.4, 0.5) is 0 Å². The second-order valence-electron chi connectivity index (χ2n) is 18.6.